The lowest BCUT2D eigenvalue weighted by molar-refractivity contribution is -0.121. The molecular weight excluding hydrogens is 308 g/mol. The van der Waals surface area contributed by atoms with Crippen LogP contribution in [0.3, 0.4) is 0 Å². The zero-order valence-corrected chi connectivity index (χ0v) is 12.6. The maximum Gasteiger partial charge on any atom is 0.251 e. The molecule has 19 heavy (non-hydrogen) atoms. The molecule has 4 nitrogen and oxygen atoms in total. The monoisotopic (exact) mass is 326 g/mol. The summed E-state index contributed by atoms with van der Waals surface area (Å²) >= 11 is 3.32. The fourth-order valence-electron chi connectivity index (χ4n) is 1.51. The van der Waals surface area contributed by atoms with Crippen molar-refractivity contribution in [2.24, 2.45) is 0 Å². The quantitative estimate of drug-likeness (QED) is 0.756. The van der Waals surface area contributed by atoms with E-state index >= 15 is 0 Å². The van der Waals surface area contributed by atoms with E-state index in [1.54, 1.807) is 12.1 Å². The Morgan fingerprint density at radius 1 is 1.11 bits per heavy atom. The van der Waals surface area contributed by atoms with E-state index in [1.807, 2.05) is 19.1 Å². The van der Waals surface area contributed by atoms with Crippen molar-refractivity contribution in [3.05, 3.63) is 34.3 Å². The van der Waals surface area contributed by atoms with Gasteiger partial charge in [-0.1, -0.05) is 29.3 Å². The molecule has 1 rings (SSSR count). The van der Waals surface area contributed by atoms with E-state index < -0.39 is 0 Å². The zero-order valence-electron chi connectivity index (χ0n) is 11.0. The van der Waals surface area contributed by atoms with E-state index in [0.29, 0.717) is 25.1 Å². The van der Waals surface area contributed by atoms with Crippen LogP contribution in [-0.2, 0) is 4.79 Å². The highest BCUT2D eigenvalue weighted by atomic mass is 79.9. The molecule has 1 aromatic rings. The van der Waals surface area contributed by atoms with Crippen molar-refractivity contribution in [2.75, 3.05) is 13.1 Å². The molecule has 0 fully saturated rings. The van der Waals surface area contributed by atoms with Gasteiger partial charge in [0.05, 0.1) is 0 Å². The second-order valence-electron chi connectivity index (χ2n) is 4.22. The van der Waals surface area contributed by atoms with Gasteiger partial charge in [-0.05, 0) is 30.7 Å². The van der Waals surface area contributed by atoms with Crippen LogP contribution >= 0.6 is 15.9 Å². The fourth-order valence-corrected chi connectivity index (χ4v) is 1.77. The molecule has 104 valence electrons. The number of carbonyl (C=O) groups excluding carboxylic acids is 2. The van der Waals surface area contributed by atoms with Gasteiger partial charge in [-0.25, -0.2) is 0 Å². The van der Waals surface area contributed by atoms with Gasteiger partial charge in [-0.3, -0.25) is 9.59 Å². The first kappa shape index (κ1) is 15.7. The summed E-state index contributed by atoms with van der Waals surface area (Å²) in [5, 5.41) is 5.53. The SMILES string of the molecule is CCCCC(=O)NCCNC(=O)c1ccc(Br)cc1. The lowest BCUT2D eigenvalue weighted by Crippen LogP contribution is -2.34. The summed E-state index contributed by atoms with van der Waals surface area (Å²) in [5.74, 6) is -0.0879. The number of rotatable bonds is 7. The van der Waals surface area contributed by atoms with Gasteiger partial charge in [0.2, 0.25) is 5.91 Å². The molecule has 2 amide bonds. The lowest BCUT2D eigenvalue weighted by atomic mass is 10.2. The molecular formula is C14H19BrN2O2. The largest absolute Gasteiger partial charge is 0.354 e. The van der Waals surface area contributed by atoms with E-state index in [0.717, 1.165) is 17.3 Å². The topological polar surface area (TPSA) is 58.2 Å². The number of carbonyl (C=O) groups is 2. The molecule has 0 saturated carbocycles. The number of hydrogen-bond acceptors (Lipinski definition) is 2. The lowest BCUT2D eigenvalue weighted by Gasteiger charge is -2.07. The van der Waals surface area contributed by atoms with Gasteiger partial charge < -0.3 is 10.6 Å². The van der Waals surface area contributed by atoms with Crippen molar-refractivity contribution in [3.63, 3.8) is 0 Å². The van der Waals surface area contributed by atoms with Crippen LogP contribution < -0.4 is 10.6 Å². The fraction of sp³-hybridized carbons (Fsp3) is 0.429. The van der Waals surface area contributed by atoms with Crippen molar-refractivity contribution < 1.29 is 9.59 Å². The van der Waals surface area contributed by atoms with Gasteiger partial charge in [0, 0.05) is 29.5 Å². The van der Waals surface area contributed by atoms with E-state index in [9.17, 15) is 9.59 Å². The van der Waals surface area contributed by atoms with Crippen LogP contribution in [0.1, 0.15) is 36.5 Å². The number of benzene rings is 1. The Hall–Kier alpha value is -1.36. The molecule has 0 heterocycles. The van der Waals surface area contributed by atoms with Gasteiger partial charge in [0.25, 0.3) is 5.91 Å². The van der Waals surface area contributed by atoms with Crippen LogP contribution in [0, 0.1) is 0 Å². The summed E-state index contributed by atoms with van der Waals surface area (Å²) in [6, 6.07) is 7.14. The Labute approximate surface area is 122 Å². The summed E-state index contributed by atoms with van der Waals surface area (Å²) in [6.45, 7) is 2.95. The average Bonchev–Trinajstić information content (AvgIpc) is 2.41. The van der Waals surface area contributed by atoms with E-state index in [-0.39, 0.29) is 11.8 Å². The Kier molecular flexibility index (Phi) is 7.18. The molecule has 5 heteroatoms. The van der Waals surface area contributed by atoms with Crippen LogP contribution in [0.25, 0.3) is 0 Å². The van der Waals surface area contributed by atoms with E-state index in [1.165, 1.54) is 0 Å². The molecule has 0 aliphatic rings. The maximum absolute atomic E-state index is 11.7. The summed E-state index contributed by atoms with van der Waals surface area (Å²) in [5.41, 5.74) is 0.612. The summed E-state index contributed by atoms with van der Waals surface area (Å²) in [4.78, 5) is 23.1. The van der Waals surface area contributed by atoms with Crippen molar-refractivity contribution >= 4 is 27.7 Å². The van der Waals surface area contributed by atoms with Gasteiger partial charge >= 0.3 is 0 Å². The summed E-state index contributed by atoms with van der Waals surface area (Å²) < 4.78 is 0.937. The predicted molar refractivity (Wildman–Crippen MR) is 79.0 cm³/mol. The second-order valence-corrected chi connectivity index (χ2v) is 5.13. The Bertz CT molecular complexity index is 418. The summed E-state index contributed by atoms with van der Waals surface area (Å²) in [7, 11) is 0. The van der Waals surface area contributed by atoms with Gasteiger partial charge in [-0.2, -0.15) is 0 Å². The third kappa shape index (κ3) is 6.38. The van der Waals surface area contributed by atoms with Crippen LogP contribution in [0.15, 0.2) is 28.7 Å². The normalized spacial score (nSPS) is 10.0. The van der Waals surface area contributed by atoms with Gasteiger partial charge in [0.1, 0.15) is 0 Å². The highest BCUT2D eigenvalue weighted by molar-refractivity contribution is 9.10. The average molecular weight is 327 g/mol. The van der Waals surface area contributed by atoms with Crippen LogP contribution in [-0.4, -0.2) is 24.9 Å². The third-order valence-corrected chi connectivity index (χ3v) is 3.13. The van der Waals surface area contributed by atoms with Gasteiger partial charge in [0.15, 0.2) is 0 Å². The molecule has 0 radical (unpaired) electrons. The Balaban J connectivity index is 2.20. The van der Waals surface area contributed by atoms with Crippen molar-refractivity contribution in [1.82, 2.24) is 10.6 Å². The van der Waals surface area contributed by atoms with Crippen LogP contribution in [0.2, 0.25) is 0 Å². The molecule has 1 aromatic carbocycles. The molecule has 0 spiro atoms. The first-order valence-corrected chi connectivity index (χ1v) is 7.23. The first-order chi connectivity index (χ1) is 9.13. The minimum Gasteiger partial charge on any atom is -0.354 e. The Morgan fingerprint density at radius 2 is 1.74 bits per heavy atom. The van der Waals surface area contributed by atoms with E-state index in [2.05, 4.69) is 26.6 Å². The molecule has 0 bridgehead atoms. The molecule has 0 saturated heterocycles. The number of nitrogens with one attached hydrogen (secondary N) is 2. The molecule has 2 N–H and O–H groups in total. The second kappa shape index (κ2) is 8.69. The maximum atomic E-state index is 11.7. The van der Waals surface area contributed by atoms with Crippen LogP contribution in [0.4, 0.5) is 0 Å². The number of halogens is 1. The zero-order chi connectivity index (χ0) is 14.1. The molecule has 0 unspecified atom stereocenters. The predicted octanol–water partition coefficient (Wildman–Crippen LogP) is 2.49. The van der Waals surface area contributed by atoms with Crippen molar-refractivity contribution in [1.29, 1.82) is 0 Å². The highest BCUT2D eigenvalue weighted by Crippen LogP contribution is 2.10. The number of amides is 2. The molecule has 0 atom stereocenters. The smallest absolute Gasteiger partial charge is 0.251 e. The minimum absolute atomic E-state index is 0.0414. The Morgan fingerprint density at radius 3 is 2.37 bits per heavy atom. The molecule has 0 aliphatic heterocycles. The third-order valence-electron chi connectivity index (χ3n) is 2.60. The summed E-state index contributed by atoms with van der Waals surface area (Å²) in [6.07, 6.45) is 2.46. The number of hydrogen-bond donors (Lipinski definition) is 2. The number of unbranched alkanes of at least 4 members (excludes halogenated alkanes) is 1. The highest BCUT2D eigenvalue weighted by Gasteiger charge is 2.04. The van der Waals surface area contributed by atoms with Gasteiger partial charge in [-0.15, -0.1) is 0 Å². The molecule has 0 aliphatic carbocycles. The molecule has 0 aromatic heterocycles. The first-order valence-electron chi connectivity index (χ1n) is 6.44. The van der Waals surface area contributed by atoms with E-state index in [4.69, 9.17) is 0 Å². The standard InChI is InChI=1S/C14H19BrN2O2/c1-2-3-4-13(18)16-9-10-17-14(19)11-5-7-12(15)8-6-11/h5-8H,2-4,9-10H2,1H3,(H,16,18)(H,17,19). The van der Waals surface area contributed by atoms with Crippen molar-refractivity contribution in [3.8, 4) is 0 Å². The minimum atomic E-state index is -0.129. The van der Waals surface area contributed by atoms with Crippen LogP contribution in [0.5, 0.6) is 0 Å². The van der Waals surface area contributed by atoms with Crippen molar-refractivity contribution in [2.45, 2.75) is 26.2 Å².